The van der Waals surface area contributed by atoms with Gasteiger partial charge < -0.3 is 0 Å². The maximum absolute atomic E-state index is 12.5. The monoisotopic (exact) mass is 458 g/mol. The summed E-state index contributed by atoms with van der Waals surface area (Å²) in [6.45, 7) is 6.99. The predicted octanol–water partition coefficient (Wildman–Crippen LogP) is 3.52. The summed E-state index contributed by atoms with van der Waals surface area (Å²) >= 11 is 2.91. The zero-order valence-electron chi connectivity index (χ0n) is 17.9. The molecule has 31 heavy (non-hydrogen) atoms. The van der Waals surface area contributed by atoms with Crippen molar-refractivity contribution in [1.82, 2.24) is 20.4 Å². The Morgan fingerprint density at radius 1 is 1.29 bits per heavy atom. The van der Waals surface area contributed by atoms with E-state index in [0.717, 1.165) is 19.3 Å². The lowest BCUT2D eigenvalue weighted by Crippen LogP contribution is -2.41. The molecule has 0 aliphatic heterocycles. The molecule has 3 aromatic rings. The standard InChI is InChI=1S/C22H26N4O3S2/c1-22(2,3)14-4-5-16-13(10-14)11-17(31-16)19(28)25-24-18(27)6-8-26-12-23-20-15(21(26)29)7-9-30-20/h7,9,11-12,14H,4-6,8,10H2,1-3H3,(H,24,27)(H,25,28). The van der Waals surface area contributed by atoms with Crippen LogP contribution < -0.4 is 16.4 Å². The minimum atomic E-state index is -0.361. The third-order valence-electron chi connectivity index (χ3n) is 5.88. The first-order valence-corrected chi connectivity index (χ1v) is 12.1. The molecule has 1 aliphatic carbocycles. The number of aryl methyl sites for hydroxylation is 2. The molecule has 0 aromatic carbocycles. The highest BCUT2D eigenvalue weighted by molar-refractivity contribution is 7.16. The minimum absolute atomic E-state index is 0.0612. The molecular weight excluding hydrogens is 432 g/mol. The second-order valence-corrected chi connectivity index (χ2v) is 11.0. The molecule has 3 aromatic heterocycles. The van der Waals surface area contributed by atoms with E-state index in [1.807, 2.05) is 11.4 Å². The van der Waals surface area contributed by atoms with Gasteiger partial charge >= 0.3 is 0 Å². The van der Waals surface area contributed by atoms with Crippen molar-refractivity contribution in [2.45, 2.75) is 53.0 Å². The number of fused-ring (bicyclic) bond motifs is 2. The molecule has 0 fully saturated rings. The van der Waals surface area contributed by atoms with Crippen LogP contribution in [0.4, 0.5) is 0 Å². The third-order valence-corrected chi connectivity index (χ3v) is 7.93. The van der Waals surface area contributed by atoms with Crippen LogP contribution >= 0.6 is 22.7 Å². The molecule has 164 valence electrons. The second-order valence-electron chi connectivity index (χ2n) is 9.00. The Kier molecular flexibility index (Phi) is 5.98. The molecule has 2 amide bonds. The Morgan fingerprint density at radius 3 is 2.87 bits per heavy atom. The largest absolute Gasteiger partial charge is 0.298 e. The summed E-state index contributed by atoms with van der Waals surface area (Å²) in [7, 11) is 0. The number of hydrogen-bond donors (Lipinski definition) is 2. The van der Waals surface area contributed by atoms with Gasteiger partial charge in [-0.15, -0.1) is 22.7 Å². The first-order valence-electron chi connectivity index (χ1n) is 10.4. The number of hydrazine groups is 1. The van der Waals surface area contributed by atoms with Gasteiger partial charge in [0.25, 0.3) is 11.5 Å². The number of carbonyl (C=O) groups excluding carboxylic acids is 2. The molecular formula is C22H26N4O3S2. The number of amides is 2. The van der Waals surface area contributed by atoms with Crippen LogP contribution in [0.25, 0.3) is 10.2 Å². The van der Waals surface area contributed by atoms with Crippen molar-refractivity contribution in [1.29, 1.82) is 0 Å². The first-order chi connectivity index (χ1) is 14.7. The fourth-order valence-electron chi connectivity index (χ4n) is 3.90. The lowest BCUT2D eigenvalue weighted by Gasteiger charge is -2.33. The van der Waals surface area contributed by atoms with Crippen LogP contribution in [-0.4, -0.2) is 21.4 Å². The van der Waals surface area contributed by atoms with Crippen LogP contribution in [0.5, 0.6) is 0 Å². The fourth-order valence-corrected chi connectivity index (χ4v) is 5.73. The van der Waals surface area contributed by atoms with Crippen LogP contribution in [0.1, 0.15) is 53.7 Å². The number of thiophene rings is 2. The highest BCUT2D eigenvalue weighted by atomic mass is 32.1. The van der Waals surface area contributed by atoms with Crippen molar-refractivity contribution in [2.24, 2.45) is 11.3 Å². The Labute approximate surface area is 188 Å². The molecule has 4 rings (SSSR count). The van der Waals surface area contributed by atoms with E-state index in [2.05, 4.69) is 36.6 Å². The van der Waals surface area contributed by atoms with E-state index in [4.69, 9.17) is 0 Å². The average molecular weight is 459 g/mol. The molecule has 0 radical (unpaired) electrons. The number of aromatic nitrogens is 2. The van der Waals surface area contributed by atoms with Crippen molar-refractivity contribution in [3.8, 4) is 0 Å². The summed E-state index contributed by atoms with van der Waals surface area (Å²) in [6.07, 6.45) is 4.64. The van der Waals surface area contributed by atoms with E-state index in [0.29, 0.717) is 21.0 Å². The van der Waals surface area contributed by atoms with E-state index in [1.165, 1.54) is 44.0 Å². The second kappa shape index (κ2) is 8.55. The SMILES string of the molecule is CC(C)(C)C1CCc2sc(C(=O)NNC(=O)CCn3cnc4sccc4c3=O)cc2C1. The Balaban J connectivity index is 1.31. The quantitative estimate of drug-likeness (QED) is 0.585. The number of nitrogens with one attached hydrogen (secondary N) is 2. The molecule has 1 unspecified atom stereocenters. The van der Waals surface area contributed by atoms with Crippen molar-refractivity contribution < 1.29 is 9.59 Å². The predicted molar refractivity (Wildman–Crippen MR) is 123 cm³/mol. The molecule has 0 saturated carbocycles. The number of carbonyl (C=O) groups is 2. The van der Waals surface area contributed by atoms with E-state index >= 15 is 0 Å². The number of nitrogens with zero attached hydrogens (tertiary/aromatic N) is 2. The highest BCUT2D eigenvalue weighted by Crippen LogP contribution is 2.40. The molecule has 0 spiro atoms. The van der Waals surface area contributed by atoms with Gasteiger partial charge in [-0.05, 0) is 53.7 Å². The topological polar surface area (TPSA) is 93.1 Å². The fraction of sp³-hybridized carbons (Fsp3) is 0.455. The van der Waals surface area contributed by atoms with Gasteiger partial charge in [-0.2, -0.15) is 0 Å². The summed E-state index contributed by atoms with van der Waals surface area (Å²) in [5.41, 5.74) is 6.29. The van der Waals surface area contributed by atoms with E-state index in [-0.39, 0.29) is 35.8 Å². The van der Waals surface area contributed by atoms with Gasteiger partial charge in [0.15, 0.2) is 0 Å². The molecule has 1 aliphatic rings. The van der Waals surface area contributed by atoms with Gasteiger partial charge in [0.2, 0.25) is 5.91 Å². The van der Waals surface area contributed by atoms with Gasteiger partial charge in [-0.1, -0.05) is 20.8 Å². The number of hydrogen-bond acceptors (Lipinski definition) is 6. The normalized spacial score (nSPS) is 16.2. The zero-order chi connectivity index (χ0) is 22.2. The van der Waals surface area contributed by atoms with Gasteiger partial charge in [0.05, 0.1) is 16.6 Å². The van der Waals surface area contributed by atoms with E-state index in [9.17, 15) is 14.4 Å². The molecule has 9 heteroatoms. The van der Waals surface area contributed by atoms with Crippen molar-refractivity contribution >= 4 is 44.7 Å². The number of rotatable bonds is 4. The maximum atomic E-state index is 12.5. The van der Waals surface area contributed by atoms with E-state index < -0.39 is 0 Å². The lowest BCUT2D eigenvalue weighted by molar-refractivity contribution is -0.122. The van der Waals surface area contributed by atoms with Crippen molar-refractivity contribution in [2.75, 3.05) is 0 Å². The summed E-state index contributed by atoms with van der Waals surface area (Å²) in [5, 5.41) is 2.37. The molecule has 2 N–H and O–H groups in total. The summed E-state index contributed by atoms with van der Waals surface area (Å²) in [6, 6.07) is 3.69. The average Bonchev–Trinajstić information content (AvgIpc) is 3.37. The van der Waals surface area contributed by atoms with Crippen molar-refractivity contribution in [3.05, 3.63) is 49.5 Å². The minimum Gasteiger partial charge on any atom is -0.298 e. The smallest absolute Gasteiger partial charge is 0.279 e. The third kappa shape index (κ3) is 4.72. The highest BCUT2D eigenvalue weighted by Gasteiger charge is 2.30. The van der Waals surface area contributed by atoms with Crippen LogP contribution in [0.2, 0.25) is 0 Å². The van der Waals surface area contributed by atoms with E-state index in [1.54, 1.807) is 6.07 Å². The van der Waals surface area contributed by atoms with Gasteiger partial charge in [-0.25, -0.2) is 4.98 Å². The van der Waals surface area contributed by atoms with Crippen molar-refractivity contribution in [3.63, 3.8) is 0 Å². The molecule has 0 bridgehead atoms. The lowest BCUT2D eigenvalue weighted by atomic mass is 9.72. The molecule has 1 atom stereocenters. The van der Waals surface area contributed by atoms with Crippen LogP contribution in [0.15, 0.2) is 28.6 Å². The first kappa shape index (κ1) is 21.7. The molecule has 3 heterocycles. The maximum Gasteiger partial charge on any atom is 0.279 e. The van der Waals surface area contributed by atoms with Crippen LogP contribution in [0, 0.1) is 11.3 Å². The zero-order valence-corrected chi connectivity index (χ0v) is 19.5. The molecule has 7 nitrogen and oxygen atoms in total. The summed E-state index contributed by atoms with van der Waals surface area (Å²) in [5.74, 6) is -0.0604. The Bertz CT molecular complexity index is 1190. The Morgan fingerprint density at radius 2 is 2.10 bits per heavy atom. The summed E-state index contributed by atoms with van der Waals surface area (Å²) in [4.78, 5) is 43.8. The van der Waals surface area contributed by atoms with Gasteiger partial charge in [0.1, 0.15) is 4.83 Å². The van der Waals surface area contributed by atoms with Crippen LogP contribution in [-0.2, 0) is 24.2 Å². The summed E-state index contributed by atoms with van der Waals surface area (Å²) < 4.78 is 1.41. The Hall–Kier alpha value is -2.52. The van der Waals surface area contributed by atoms with Crippen LogP contribution in [0.3, 0.4) is 0 Å². The molecule has 0 saturated heterocycles. The van der Waals surface area contributed by atoms with Gasteiger partial charge in [0, 0.05) is 17.8 Å². The van der Waals surface area contributed by atoms with Gasteiger partial charge in [-0.3, -0.25) is 29.8 Å².